The fourth-order valence-corrected chi connectivity index (χ4v) is 0.557. The summed E-state index contributed by atoms with van der Waals surface area (Å²) in [5.41, 5.74) is 0. The fraction of sp³-hybridized carbons (Fsp3) is 0.875. The third-order valence-corrected chi connectivity index (χ3v) is 1.15. The van der Waals surface area contributed by atoms with Gasteiger partial charge in [-0.25, -0.2) is 4.79 Å². The molecule has 5 heteroatoms. The summed E-state index contributed by atoms with van der Waals surface area (Å²) in [5, 5.41) is 0. The predicted octanol–water partition coefficient (Wildman–Crippen LogP) is 0.995. The molecule has 0 fully saturated rings. The number of ether oxygens (including phenoxy) is 1. The molecule has 4 nitrogen and oxygen atoms in total. The van der Waals surface area contributed by atoms with E-state index in [-0.39, 0.29) is 29.6 Å². The molecule has 0 aromatic carbocycles. The van der Waals surface area contributed by atoms with E-state index < -0.39 is 12.3 Å². The summed E-state index contributed by atoms with van der Waals surface area (Å²) >= 11 is 0. The first kappa shape index (κ1) is 15.8. The van der Waals surface area contributed by atoms with Crippen molar-refractivity contribution in [1.29, 1.82) is 0 Å². The third-order valence-electron chi connectivity index (χ3n) is 1.15. The van der Waals surface area contributed by atoms with Crippen LogP contribution in [0.1, 0.15) is 33.6 Å². The van der Waals surface area contributed by atoms with E-state index in [4.69, 9.17) is 4.74 Å². The van der Waals surface area contributed by atoms with Gasteiger partial charge in [-0.1, -0.05) is 13.3 Å². The standard InChI is InChI=1S/C8H16O4.Na.H/c1-4-5-6-10-8(3)12-11-7(2)9;;/h8H,4-6H2,1-3H3;;. The van der Waals surface area contributed by atoms with Crippen LogP contribution in [0.25, 0.3) is 0 Å². The van der Waals surface area contributed by atoms with Gasteiger partial charge in [-0.15, -0.1) is 0 Å². The molecule has 0 bridgehead atoms. The van der Waals surface area contributed by atoms with Crippen LogP contribution in [0.3, 0.4) is 0 Å². The van der Waals surface area contributed by atoms with Gasteiger partial charge in [-0.3, -0.25) is 4.89 Å². The molecule has 0 aliphatic rings. The molecule has 0 aromatic heterocycles. The van der Waals surface area contributed by atoms with Gasteiger partial charge in [0.15, 0.2) is 6.29 Å². The monoisotopic (exact) mass is 200 g/mol. The molecule has 0 aromatic rings. The molecular formula is C8H17NaO4. The maximum absolute atomic E-state index is 10.3. The molecule has 1 unspecified atom stereocenters. The van der Waals surface area contributed by atoms with Crippen molar-refractivity contribution in [2.75, 3.05) is 6.61 Å². The third kappa shape index (κ3) is 12.4. The molecule has 0 rings (SSSR count). The SMILES string of the molecule is CCCCOC(C)OOC(C)=O.[NaH]. The van der Waals surface area contributed by atoms with E-state index in [1.807, 2.05) is 0 Å². The molecule has 0 N–H and O–H groups in total. The van der Waals surface area contributed by atoms with E-state index in [9.17, 15) is 4.79 Å². The number of rotatable bonds is 6. The molecule has 0 aliphatic heterocycles. The molecule has 0 amide bonds. The molecule has 0 saturated carbocycles. The van der Waals surface area contributed by atoms with Gasteiger partial charge < -0.3 is 4.74 Å². The van der Waals surface area contributed by atoms with E-state index in [0.717, 1.165) is 12.8 Å². The molecule has 0 radical (unpaired) electrons. The van der Waals surface area contributed by atoms with Crippen molar-refractivity contribution in [3.8, 4) is 0 Å². The van der Waals surface area contributed by atoms with Gasteiger partial charge in [-0.05, 0) is 13.3 Å². The second-order valence-corrected chi connectivity index (χ2v) is 2.46. The van der Waals surface area contributed by atoms with Crippen molar-refractivity contribution in [3.05, 3.63) is 0 Å². The Labute approximate surface area is 101 Å². The Balaban J connectivity index is 0. The van der Waals surface area contributed by atoms with Gasteiger partial charge in [0.1, 0.15) is 0 Å². The van der Waals surface area contributed by atoms with E-state index in [1.54, 1.807) is 6.92 Å². The van der Waals surface area contributed by atoms with Crippen molar-refractivity contribution in [2.45, 2.75) is 39.9 Å². The second-order valence-electron chi connectivity index (χ2n) is 2.46. The van der Waals surface area contributed by atoms with Gasteiger partial charge in [-0.2, -0.15) is 4.89 Å². The minimum absolute atomic E-state index is 0. The van der Waals surface area contributed by atoms with Crippen molar-refractivity contribution in [1.82, 2.24) is 0 Å². The normalized spacial score (nSPS) is 11.6. The first-order valence-corrected chi connectivity index (χ1v) is 4.12. The zero-order valence-corrected chi connectivity index (χ0v) is 7.83. The summed E-state index contributed by atoms with van der Waals surface area (Å²) < 4.78 is 5.13. The van der Waals surface area contributed by atoms with Gasteiger partial charge in [0, 0.05) is 13.5 Å². The number of hydrogen-bond donors (Lipinski definition) is 0. The van der Waals surface area contributed by atoms with Gasteiger partial charge in [0.05, 0.1) is 0 Å². The van der Waals surface area contributed by atoms with Crippen LogP contribution in [0.5, 0.6) is 0 Å². The van der Waals surface area contributed by atoms with Crippen LogP contribution in [0.2, 0.25) is 0 Å². The Morgan fingerprint density at radius 2 is 2.08 bits per heavy atom. The number of carbonyl (C=O) groups is 1. The average molecular weight is 200 g/mol. The summed E-state index contributed by atoms with van der Waals surface area (Å²) in [6.45, 7) is 5.65. The van der Waals surface area contributed by atoms with Crippen molar-refractivity contribution >= 4 is 35.5 Å². The summed E-state index contributed by atoms with van der Waals surface area (Å²) in [6.07, 6.45) is 1.56. The first-order valence-electron chi connectivity index (χ1n) is 4.12. The van der Waals surface area contributed by atoms with Gasteiger partial charge >= 0.3 is 35.5 Å². The molecule has 0 heterocycles. The van der Waals surface area contributed by atoms with Crippen LogP contribution in [0.15, 0.2) is 0 Å². The molecular weight excluding hydrogens is 183 g/mol. The Morgan fingerprint density at radius 1 is 1.46 bits per heavy atom. The predicted molar refractivity (Wildman–Crippen MR) is 50.3 cm³/mol. The van der Waals surface area contributed by atoms with Crippen LogP contribution < -0.4 is 0 Å². The Hall–Kier alpha value is 0.390. The fourth-order valence-electron chi connectivity index (χ4n) is 0.557. The summed E-state index contributed by atoms with van der Waals surface area (Å²) in [4.78, 5) is 19.1. The molecule has 74 valence electrons. The van der Waals surface area contributed by atoms with Crippen molar-refractivity contribution in [3.63, 3.8) is 0 Å². The van der Waals surface area contributed by atoms with Crippen LogP contribution in [-0.4, -0.2) is 48.4 Å². The van der Waals surface area contributed by atoms with Crippen LogP contribution in [0.4, 0.5) is 0 Å². The molecule has 0 aliphatic carbocycles. The Kier molecular flexibility index (Phi) is 12.8. The summed E-state index contributed by atoms with van der Waals surface area (Å²) in [5.74, 6) is -0.471. The van der Waals surface area contributed by atoms with Crippen LogP contribution in [0, 0.1) is 0 Å². The van der Waals surface area contributed by atoms with E-state index in [2.05, 4.69) is 16.7 Å². The van der Waals surface area contributed by atoms with Crippen molar-refractivity contribution in [2.24, 2.45) is 0 Å². The quantitative estimate of drug-likeness (QED) is 0.211. The van der Waals surface area contributed by atoms with E-state index >= 15 is 0 Å². The van der Waals surface area contributed by atoms with Gasteiger partial charge in [0.2, 0.25) is 0 Å². The molecule has 0 saturated heterocycles. The summed E-state index contributed by atoms with van der Waals surface area (Å²) in [7, 11) is 0. The molecule has 1 atom stereocenters. The molecule has 0 spiro atoms. The number of unbranched alkanes of at least 4 members (excludes halogenated alkanes) is 1. The first-order chi connectivity index (χ1) is 5.66. The Morgan fingerprint density at radius 3 is 2.54 bits per heavy atom. The topological polar surface area (TPSA) is 44.8 Å². The van der Waals surface area contributed by atoms with Gasteiger partial charge in [0.25, 0.3) is 0 Å². The van der Waals surface area contributed by atoms with Crippen molar-refractivity contribution < 1.29 is 19.3 Å². The van der Waals surface area contributed by atoms with Crippen LogP contribution >= 0.6 is 0 Å². The zero-order valence-electron chi connectivity index (χ0n) is 7.83. The Bertz CT molecular complexity index is 129. The number of hydrogen-bond acceptors (Lipinski definition) is 4. The average Bonchev–Trinajstić information content (AvgIpc) is 2.01. The van der Waals surface area contributed by atoms with E-state index in [1.165, 1.54) is 6.92 Å². The van der Waals surface area contributed by atoms with Crippen LogP contribution in [-0.2, 0) is 19.3 Å². The van der Waals surface area contributed by atoms with E-state index in [0.29, 0.717) is 6.61 Å². The number of carbonyl (C=O) groups excluding carboxylic acids is 1. The second kappa shape index (κ2) is 10.5. The zero-order chi connectivity index (χ0) is 9.40. The molecule has 13 heavy (non-hydrogen) atoms. The minimum atomic E-state index is -0.486. The summed E-state index contributed by atoms with van der Waals surface area (Å²) in [6, 6.07) is 0. The maximum atomic E-state index is 10.3.